The predicted octanol–water partition coefficient (Wildman–Crippen LogP) is 5.25. The number of hydrogen-bond acceptors (Lipinski definition) is 1. The molecule has 1 aromatic rings. The average Bonchev–Trinajstić information content (AvgIpc) is 2.51. The molecule has 3 heteroatoms. The molecule has 0 spiro atoms. The van der Waals surface area contributed by atoms with Crippen LogP contribution in [-0.2, 0) is 6.42 Å². The van der Waals surface area contributed by atoms with Crippen molar-refractivity contribution >= 4 is 43.2 Å². The van der Waals surface area contributed by atoms with Crippen molar-refractivity contribution in [3.05, 3.63) is 20.8 Å². The molecule has 0 N–H and O–H groups in total. The van der Waals surface area contributed by atoms with E-state index in [1.165, 1.54) is 28.6 Å². The topological polar surface area (TPSA) is 0 Å². The molecule has 0 amide bonds. The van der Waals surface area contributed by atoms with Crippen LogP contribution < -0.4 is 0 Å². The minimum atomic E-state index is 0.668. The maximum Gasteiger partial charge on any atom is 0.0314 e. The predicted molar refractivity (Wildman–Crippen MR) is 72.5 cm³/mol. The number of alkyl halides is 1. The highest BCUT2D eigenvalue weighted by molar-refractivity contribution is 9.10. The van der Waals surface area contributed by atoms with Crippen LogP contribution in [0, 0.1) is 5.92 Å². The van der Waals surface area contributed by atoms with Crippen LogP contribution in [-0.4, -0.2) is 4.83 Å². The molecule has 0 bridgehead atoms. The maximum atomic E-state index is 3.72. The van der Waals surface area contributed by atoms with E-state index in [2.05, 4.69) is 57.2 Å². The molecule has 1 atom stereocenters. The second-order valence-electron chi connectivity index (χ2n) is 3.84. The lowest BCUT2D eigenvalue weighted by atomic mass is 10.0. The smallest absolute Gasteiger partial charge is 0.0314 e. The second kappa shape index (κ2) is 6.29. The molecule has 0 nitrogen and oxygen atoms in total. The zero-order chi connectivity index (χ0) is 10.6. The molecule has 0 aliphatic rings. The van der Waals surface area contributed by atoms with E-state index in [1.807, 2.05) is 11.3 Å². The van der Waals surface area contributed by atoms with Gasteiger partial charge in [-0.05, 0) is 52.6 Å². The molecule has 1 unspecified atom stereocenters. The fraction of sp³-hybridized carbons (Fsp3) is 0.636. The van der Waals surface area contributed by atoms with Gasteiger partial charge in [-0.25, -0.2) is 0 Å². The first-order valence-corrected chi connectivity index (χ1v) is 7.56. The van der Waals surface area contributed by atoms with Gasteiger partial charge in [-0.2, -0.15) is 0 Å². The molecule has 0 aliphatic carbocycles. The van der Waals surface area contributed by atoms with Gasteiger partial charge in [0.05, 0.1) is 0 Å². The Labute approximate surface area is 107 Å². The summed E-state index contributed by atoms with van der Waals surface area (Å²) in [6, 6.07) is 2.13. The van der Waals surface area contributed by atoms with E-state index in [-0.39, 0.29) is 0 Å². The van der Waals surface area contributed by atoms with Crippen molar-refractivity contribution in [1.82, 2.24) is 0 Å². The molecule has 1 heterocycles. The van der Waals surface area contributed by atoms with Crippen molar-refractivity contribution in [3.8, 4) is 0 Å². The van der Waals surface area contributed by atoms with E-state index >= 15 is 0 Å². The Morgan fingerprint density at radius 3 is 2.64 bits per heavy atom. The Morgan fingerprint density at radius 1 is 1.43 bits per heavy atom. The van der Waals surface area contributed by atoms with Crippen molar-refractivity contribution < 1.29 is 0 Å². The first-order chi connectivity index (χ1) is 6.61. The van der Waals surface area contributed by atoms with Crippen LogP contribution in [0.25, 0.3) is 0 Å². The largest absolute Gasteiger partial charge is 0.148 e. The van der Waals surface area contributed by atoms with Gasteiger partial charge in [-0.3, -0.25) is 0 Å². The zero-order valence-corrected chi connectivity index (χ0v) is 12.6. The molecule has 14 heavy (non-hydrogen) atoms. The maximum absolute atomic E-state index is 3.72. The fourth-order valence-corrected chi connectivity index (χ4v) is 3.22. The van der Waals surface area contributed by atoms with Gasteiger partial charge >= 0.3 is 0 Å². The molecule has 0 saturated carbocycles. The molecular weight excluding hydrogens is 324 g/mol. The first kappa shape index (κ1) is 12.7. The third-order valence-corrected chi connectivity index (χ3v) is 5.80. The van der Waals surface area contributed by atoms with Crippen LogP contribution in [0.2, 0.25) is 0 Å². The molecule has 0 aromatic carbocycles. The standard InChI is InChI=1S/C11H16Br2S/c1-8(2)9(12)4-3-5-11-10(13)6-7-14-11/h6-9H,3-5H2,1-2H3. The third-order valence-electron chi connectivity index (χ3n) is 2.30. The third kappa shape index (κ3) is 4.03. The Hall–Kier alpha value is 0.660. The van der Waals surface area contributed by atoms with Crippen molar-refractivity contribution in [2.75, 3.05) is 0 Å². The van der Waals surface area contributed by atoms with Crippen LogP contribution in [0.1, 0.15) is 31.6 Å². The number of hydrogen-bond donors (Lipinski definition) is 0. The molecule has 80 valence electrons. The highest BCUT2D eigenvalue weighted by Crippen LogP contribution is 2.26. The van der Waals surface area contributed by atoms with Crippen molar-refractivity contribution in [2.45, 2.75) is 37.9 Å². The van der Waals surface area contributed by atoms with Gasteiger partial charge in [0.15, 0.2) is 0 Å². The summed E-state index contributed by atoms with van der Waals surface area (Å²) in [7, 11) is 0. The van der Waals surface area contributed by atoms with Gasteiger partial charge in [0, 0.05) is 14.2 Å². The van der Waals surface area contributed by atoms with Crippen LogP contribution in [0.15, 0.2) is 15.9 Å². The van der Waals surface area contributed by atoms with Crippen molar-refractivity contribution in [1.29, 1.82) is 0 Å². The van der Waals surface area contributed by atoms with Crippen molar-refractivity contribution in [2.24, 2.45) is 5.92 Å². The summed E-state index contributed by atoms with van der Waals surface area (Å²) in [5.41, 5.74) is 0. The Kier molecular flexibility index (Phi) is 5.72. The fourth-order valence-electron chi connectivity index (χ4n) is 1.29. The van der Waals surface area contributed by atoms with Gasteiger partial charge in [0.1, 0.15) is 0 Å². The van der Waals surface area contributed by atoms with Gasteiger partial charge < -0.3 is 0 Å². The van der Waals surface area contributed by atoms with Gasteiger partial charge in [0.2, 0.25) is 0 Å². The second-order valence-corrected chi connectivity index (χ2v) is 6.88. The summed E-state index contributed by atoms with van der Waals surface area (Å²) in [5, 5.41) is 2.15. The summed E-state index contributed by atoms with van der Waals surface area (Å²) >= 11 is 9.13. The minimum Gasteiger partial charge on any atom is -0.148 e. The molecular formula is C11H16Br2S. The summed E-state index contributed by atoms with van der Waals surface area (Å²) < 4.78 is 1.28. The lowest BCUT2D eigenvalue weighted by Crippen LogP contribution is -2.06. The Balaban J connectivity index is 2.25. The first-order valence-electron chi connectivity index (χ1n) is 4.97. The summed E-state index contributed by atoms with van der Waals surface area (Å²) in [6.07, 6.45) is 3.74. The Morgan fingerprint density at radius 2 is 2.14 bits per heavy atom. The lowest BCUT2D eigenvalue weighted by molar-refractivity contribution is 0.563. The molecule has 1 rings (SSSR count). The quantitative estimate of drug-likeness (QED) is 0.642. The molecule has 0 fully saturated rings. The summed E-state index contributed by atoms with van der Waals surface area (Å²) in [6.45, 7) is 4.53. The number of thiophene rings is 1. The van der Waals surface area contributed by atoms with Crippen LogP contribution >= 0.6 is 43.2 Å². The van der Waals surface area contributed by atoms with E-state index in [0.717, 1.165) is 5.92 Å². The van der Waals surface area contributed by atoms with Crippen LogP contribution in [0.3, 0.4) is 0 Å². The van der Waals surface area contributed by atoms with Gasteiger partial charge in [-0.15, -0.1) is 11.3 Å². The average molecular weight is 340 g/mol. The summed E-state index contributed by atoms with van der Waals surface area (Å²) in [5.74, 6) is 0.738. The molecule has 0 aliphatic heterocycles. The lowest BCUT2D eigenvalue weighted by Gasteiger charge is -2.12. The molecule has 0 radical (unpaired) electrons. The normalized spacial score (nSPS) is 13.5. The van der Waals surface area contributed by atoms with Gasteiger partial charge in [0.25, 0.3) is 0 Å². The number of rotatable bonds is 5. The van der Waals surface area contributed by atoms with E-state index in [0.29, 0.717) is 4.83 Å². The van der Waals surface area contributed by atoms with E-state index in [9.17, 15) is 0 Å². The monoisotopic (exact) mass is 338 g/mol. The van der Waals surface area contributed by atoms with E-state index in [1.54, 1.807) is 0 Å². The zero-order valence-electron chi connectivity index (χ0n) is 8.59. The molecule has 0 saturated heterocycles. The Bertz CT molecular complexity index is 268. The highest BCUT2D eigenvalue weighted by Gasteiger charge is 2.09. The summed E-state index contributed by atoms with van der Waals surface area (Å²) in [4.78, 5) is 2.15. The van der Waals surface area contributed by atoms with Gasteiger partial charge in [-0.1, -0.05) is 29.8 Å². The van der Waals surface area contributed by atoms with Crippen LogP contribution in [0.5, 0.6) is 0 Å². The van der Waals surface area contributed by atoms with Crippen LogP contribution in [0.4, 0.5) is 0 Å². The number of halogens is 2. The highest BCUT2D eigenvalue weighted by atomic mass is 79.9. The van der Waals surface area contributed by atoms with E-state index < -0.39 is 0 Å². The van der Waals surface area contributed by atoms with Crippen molar-refractivity contribution in [3.63, 3.8) is 0 Å². The number of aryl methyl sites for hydroxylation is 1. The van der Waals surface area contributed by atoms with E-state index in [4.69, 9.17) is 0 Å². The minimum absolute atomic E-state index is 0.668. The SMILES string of the molecule is CC(C)C(Br)CCCc1sccc1Br. The molecule has 1 aromatic heterocycles.